The Labute approximate surface area is 182 Å². The average Bonchev–Trinajstić information content (AvgIpc) is 2.98. The predicted octanol–water partition coefficient (Wildman–Crippen LogP) is 2.12. The highest BCUT2D eigenvalue weighted by Crippen LogP contribution is 2.34. The lowest BCUT2D eigenvalue weighted by atomic mass is 10.1. The van der Waals surface area contributed by atoms with Crippen molar-refractivity contribution in [2.75, 3.05) is 25.7 Å². The second-order valence-corrected chi connectivity index (χ2v) is 10.7. The number of ether oxygens (including phenoxy) is 1. The molecule has 3 aromatic heterocycles. The minimum atomic E-state index is -3.58. The standard InChI is InChI=1S/C17H19BrN4O6S2/c1-11-16(27-7-4-8-28-30(3,25)26)12(5-6-19-11)14-9-13-15(10-20-14)22(21-17(13)18)29(2,23)24/h5-6,9-10H,4,7-8H2,1-3H3. The molecule has 0 aliphatic carbocycles. The van der Waals surface area contributed by atoms with Crippen LogP contribution in [-0.4, -0.2) is 61.7 Å². The zero-order valence-corrected chi connectivity index (χ0v) is 19.6. The molecule has 0 fully saturated rings. The van der Waals surface area contributed by atoms with Crippen LogP contribution in [0.2, 0.25) is 0 Å². The number of aromatic nitrogens is 4. The lowest BCUT2D eigenvalue weighted by Gasteiger charge is -2.13. The van der Waals surface area contributed by atoms with Gasteiger partial charge in [-0.2, -0.15) is 12.5 Å². The molecule has 30 heavy (non-hydrogen) atoms. The molecule has 0 aliphatic rings. The maximum absolute atomic E-state index is 11.9. The lowest BCUT2D eigenvalue weighted by molar-refractivity contribution is 0.251. The molecule has 0 saturated carbocycles. The first-order valence-electron chi connectivity index (χ1n) is 8.65. The molecular formula is C17H19BrN4O6S2. The highest BCUT2D eigenvalue weighted by Gasteiger charge is 2.19. The molecule has 3 rings (SSSR count). The lowest BCUT2D eigenvalue weighted by Crippen LogP contribution is -2.11. The molecule has 0 saturated heterocycles. The summed E-state index contributed by atoms with van der Waals surface area (Å²) in [5.74, 6) is 0.496. The molecule has 0 amide bonds. The Morgan fingerprint density at radius 3 is 2.53 bits per heavy atom. The van der Waals surface area contributed by atoms with Gasteiger partial charge in [-0.1, -0.05) is 0 Å². The number of rotatable bonds is 8. The molecule has 0 bridgehead atoms. The van der Waals surface area contributed by atoms with Gasteiger partial charge in [0.25, 0.3) is 20.1 Å². The summed E-state index contributed by atoms with van der Waals surface area (Å²) in [6.45, 7) is 2.00. The van der Waals surface area contributed by atoms with Crippen molar-refractivity contribution in [1.82, 2.24) is 19.2 Å². The van der Waals surface area contributed by atoms with Crippen LogP contribution in [0.25, 0.3) is 22.2 Å². The van der Waals surface area contributed by atoms with Gasteiger partial charge in [-0.05, 0) is 35.0 Å². The number of nitrogens with zero attached hydrogens (tertiary/aromatic N) is 4. The van der Waals surface area contributed by atoms with Gasteiger partial charge in [0.1, 0.15) is 15.9 Å². The van der Waals surface area contributed by atoms with Crippen LogP contribution in [0.5, 0.6) is 5.75 Å². The average molecular weight is 519 g/mol. The predicted molar refractivity (Wildman–Crippen MR) is 114 cm³/mol. The Morgan fingerprint density at radius 1 is 1.13 bits per heavy atom. The van der Waals surface area contributed by atoms with Crippen molar-refractivity contribution >= 4 is 47.0 Å². The van der Waals surface area contributed by atoms with Crippen LogP contribution in [0.15, 0.2) is 29.1 Å². The minimum absolute atomic E-state index is 0.00923. The Morgan fingerprint density at radius 2 is 1.87 bits per heavy atom. The van der Waals surface area contributed by atoms with Crippen molar-refractivity contribution in [2.45, 2.75) is 13.3 Å². The molecule has 0 aromatic carbocycles. The molecule has 13 heteroatoms. The third kappa shape index (κ3) is 5.14. The second kappa shape index (κ2) is 8.57. The van der Waals surface area contributed by atoms with Crippen LogP contribution >= 0.6 is 15.9 Å². The van der Waals surface area contributed by atoms with E-state index in [1.807, 2.05) is 0 Å². The van der Waals surface area contributed by atoms with Gasteiger partial charge >= 0.3 is 0 Å². The smallest absolute Gasteiger partial charge is 0.264 e. The molecule has 3 aromatic rings. The molecule has 3 heterocycles. The summed E-state index contributed by atoms with van der Waals surface area (Å²) in [6.07, 6.45) is 5.46. The van der Waals surface area contributed by atoms with Crippen LogP contribution in [0.4, 0.5) is 0 Å². The first-order valence-corrected chi connectivity index (χ1v) is 13.1. The van der Waals surface area contributed by atoms with Crippen molar-refractivity contribution in [2.24, 2.45) is 0 Å². The fourth-order valence-corrected chi connectivity index (χ4v) is 4.47. The van der Waals surface area contributed by atoms with E-state index in [0.29, 0.717) is 44.6 Å². The maximum atomic E-state index is 11.9. The van der Waals surface area contributed by atoms with Crippen LogP contribution in [0, 0.1) is 6.92 Å². The molecule has 0 aliphatic heterocycles. The number of hydrogen-bond acceptors (Lipinski definition) is 9. The first-order chi connectivity index (χ1) is 14.0. The first kappa shape index (κ1) is 22.6. The van der Waals surface area contributed by atoms with Gasteiger partial charge in [0.05, 0.1) is 43.3 Å². The van der Waals surface area contributed by atoms with E-state index in [1.54, 1.807) is 25.3 Å². The topological polar surface area (TPSA) is 130 Å². The van der Waals surface area contributed by atoms with E-state index in [1.165, 1.54) is 6.20 Å². The van der Waals surface area contributed by atoms with E-state index in [2.05, 4.69) is 31.0 Å². The van der Waals surface area contributed by atoms with Gasteiger partial charge in [0, 0.05) is 23.6 Å². The number of aryl methyl sites for hydroxylation is 1. The second-order valence-electron chi connectivity index (χ2n) is 6.48. The van der Waals surface area contributed by atoms with Crippen molar-refractivity contribution in [3.8, 4) is 17.0 Å². The highest BCUT2D eigenvalue weighted by atomic mass is 79.9. The molecule has 0 radical (unpaired) electrons. The van der Waals surface area contributed by atoms with Crippen molar-refractivity contribution in [3.05, 3.63) is 34.8 Å². The maximum Gasteiger partial charge on any atom is 0.264 e. The molecule has 0 unspecified atom stereocenters. The van der Waals surface area contributed by atoms with E-state index in [-0.39, 0.29) is 13.2 Å². The fourth-order valence-electron chi connectivity index (χ4n) is 2.73. The van der Waals surface area contributed by atoms with Crippen LogP contribution < -0.4 is 4.74 Å². The molecule has 0 spiro atoms. The summed E-state index contributed by atoms with van der Waals surface area (Å²) in [5.41, 5.74) is 2.18. The minimum Gasteiger partial charge on any atom is -0.491 e. The largest absolute Gasteiger partial charge is 0.491 e. The summed E-state index contributed by atoms with van der Waals surface area (Å²) >= 11 is 3.29. The zero-order valence-electron chi connectivity index (χ0n) is 16.4. The Bertz CT molecular complexity index is 1310. The highest BCUT2D eigenvalue weighted by molar-refractivity contribution is 9.10. The van der Waals surface area contributed by atoms with E-state index >= 15 is 0 Å². The van der Waals surface area contributed by atoms with E-state index in [4.69, 9.17) is 8.92 Å². The molecule has 162 valence electrons. The van der Waals surface area contributed by atoms with Gasteiger partial charge in [-0.3, -0.25) is 14.2 Å². The SMILES string of the molecule is Cc1nccc(-c2cc3c(Br)nn(S(C)(=O)=O)c3cn2)c1OCCCOS(C)(=O)=O. The number of hydrogen-bond donors (Lipinski definition) is 0. The zero-order chi connectivity index (χ0) is 22.1. The fraction of sp³-hybridized carbons (Fsp3) is 0.353. The monoisotopic (exact) mass is 518 g/mol. The van der Waals surface area contributed by atoms with E-state index in [0.717, 1.165) is 16.6 Å². The summed E-state index contributed by atoms with van der Waals surface area (Å²) in [4.78, 5) is 8.62. The third-order valence-corrected chi connectivity index (χ3v) is 6.08. The van der Waals surface area contributed by atoms with Gasteiger partial charge in [0.2, 0.25) is 0 Å². The van der Waals surface area contributed by atoms with Gasteiger partial charge < -0.3 is 4.74 Å². The molecule has 0 atom stereocenters. The van der Waals surface area contributed by atoms with Crippen LogP contribution in [0.1, 0.15) is 12.1 Å². The summed E-state index contributed by atoms with van der Waals surface area (Å²) in [6, 6.07) is 3.45. The van der Waals surface area contributed by atoms with Gasteiger partial charge in [0.15, 0.2) is 0 Å². The normalized spacial score (nSPS) is 12.4. The van der Waals surface area contributed by atoms with Crippen molar-refractivity contribution < 1.29 is 25.8 Å². The summed E-state index contributed by atoms with van der Waals surface area (Å²) in [7, 11) is -7.08. The molecule has 10 nitrogen and oxygen atoms in total. The van der Waals surface area contributed by atoms with Gasteiger partial charge in [-0.25, -0.2) is 8.42 Å². The van der Waals surface area contributed by atoms with E-state index in [9.17, 15) is 16.8 Å². The summed E-state index contributed by atoms with van der Waals surface area (Å²) in [5, 5.41) is 4.60. The van der Waals surface area contributed by atoms with Crippen molar-refractivity contribution in [1.29, 1.82) is 0 Å². The van der Waals surface area contributed by atoms with E-state index < -0.39 is 20.1 Å². The van der Waals surface area contributed by atoms with Crippen molar-refractivity contribution in [3.63, 3.8) is 0 Å². The molecule has 0 N–H and O–H groups in total. The Hall–Kier alpha value is -2.09. The number of fused-ring (bicyclic) bond motifs is 1. The van der Waals surface area contributed by atoms with Crippen LogP contribution in [-0.2, 0) is 24.3 Å². The molecular weight excluding hydrogens is 500 g/mol. The number of halogens is 1. The van der Waals surface area contributed by atoms with Crippen LogP contribution in [0.3, 0.4) is 0 Å². The van der Waals surface area contributed by atoms with Gasteiger partial charge in [-0.15, -0.1) is 5.10 Å². The number of pyridine rings is 2. The quantitative estimate of drug-likeness (QED) is 0.324. The Balaban J connectivity index is 1.92. The Kier molecular flexibility index (Phi) is 6.45. The summed E-state index contributed by atoms with van der Waals surface area (Å²) < 4.78 is 57.7. The third-order valence-electron chi connectivity index (χ3n) is 4.00.